The molecule has 19 heavy (non-hydrogen) atoms. The molecule has 2 atom stereocenters. The van der Waals surface area contributed by atoms with Gasteiger partial charge >= 0.3 is 0 Å². The summed E-state index contributed by atoms with van der Waals surface area (Å²) in [6.07, 6.45) is 6.65. The molecule has 0 saturated heterocycles. The van der Waals surface area contributed by atoms with Crippen molar-refractivity contribution in [1.29, 1.82) is 0 Å². The molecule has 1 fully saturated rings. The summed E-state index contributed by atoms with van der Waals surface area (Å²) in [5.74, 6) is 1.99. The average Bonchev–Trinajstić information content (AvgIpc) is 3.13. The lowest BCUT2D eigenvalue weighted by Gasteiger charge is -2.19. The van der Waals surface area contributed by atoms with Crippen molar-refractivity contribution in [2.45, 2.75) is 51.2 Å². The predicted molar refractivity (Wildman–Crippen MR) is 79.0 cm³/mol. The van der Waals surface area contributed by atoms with Crippen LogP contribution in [0.2, 0.25) is 5.02 Å². The van der Waals surface area contributed by atoms with Crippen LogP contribution in [0.4, 0.5) is 0 Å². The van der Waals surface area contributed by atoms with E-state index >= 15 is 0 Å². The zero-order valence-corrected chi connectivity index (χ0v) is 12.2. The van der Waals surface area contributed by atoms with Gasteiger partial charge in [0, 0.05) is 24.0 Å². The molecule has 1 aromatic rings. The molecule has 104 valence electrons. The molecule has 3 heteroatoms. The molecule has 1 N–H and O–H groups in total. The maximum absolute atomic E-state index is 6.01. The fourth-order valence-corrected chi connectivity index (χ4v) is 3.05. The summed E-state index contributed by atoms with van der Waals surface area (Å²) in [4.78, 5) is 0. The van der Waals surface area contributed by atoms with Gasteiger partial charge < -0.3 is 10.1 Å². The second-order valence-electron chi connectivity index (χ2n) is 5.89. The largest absolute Gasteiger partial charge is 0.488 e. The van der Waals surface area contributed by atoms with Gasteiger partial charge in [-0.3, -0.25) is 0 Å². The first-order valence-electron chi connectivity index (χ1n) is 7.43. The Morgan fingerprint density at radius 1 is 1.42 bits per heavy atom. The second kappa shape index (κ2) is 5.72. The molecule has 2 nitrogen and oxygen atoms in total. The number of ether oxygens (including phenoxy) is 1. The zero-order valence-electron chi connectivity index (χ0n) is 11.5. The number of fused-ring (bicyclic) bond motifs is 1. The van der Waals surface area contributed by atoms with Crippen molar-refractivity contribution in [3.8, 4) is 5.75 Å². The third-order valence-corrected chi connectivity index (χ3v) is 4.44. The number of rotatable bonds is 6. The highest BCUT2D eigenvalue weighted by Gasteiger charge is 2.27. The van der Waals surface area contributed by atoms with Crippen LogP contribution >= 0.6 is 11.6 Å². The Bertz CT molecular complexity index is 444. The highest BCUT2D eigenvalue weighted by molar-refractivity contribution is 6.30. The van der Waals surface area contributed by atoms with Gasteiger partial charge in [0.05, 0.1) is 0 Å². The lowest BCUT2D eigenvalue weighted by atomic mass is 10.1. The Morgan fingerprint density at radius 2 is 2.26 bits per heavy atom. The molecule has 0 radical (unpaired) electrons. The van der Waals surface area contributed by atoms with Crippen molar-refractivity contribution < 1.29 is 4.74 Å². The van der Waals surface area contributed by atoms with Gasteiger partial charge in [0.25, 0.3) is 0 Å². The second-order valence-corrected chi connectivity index (χ2v) is 6.32. The molecule has 0 spiro atoms. The first-order valence-corrected chi connectivity index (χ1v) is 7.81. The number of hydrogen-bond donors (Lipinski definition) is 1. The Balaban J connectivity index is 1.49. The van der Waals surface area contributed by atoms with Gasteiger partial charge in [0.1, 0.15) is 11.9 Å². The van der Waals surface area contributed by atoms with Gasteiger partial charge in [0.2, 0.25) is 0 Å². The molecule has 1 heterocycles. The number of halogens is 1. The minimum atomic E-state index is 0.265. The summed E-state index contributed by atoms with van der Waals surface area (Å²) in [5.41, 5.74) is 1.24. The van der Waals surface area contributed by atoms with E-state index in [1.165, 1.54) is 31.2 Å². The molecule has 1 saturated carbocycles. The van der Waals surface area contributed by atoms with Crippen molar-refractivity contribution in [3.05, 3.63) is 28.8 Å². The maximum Gasteiger partial charge on any atom is 0.123 e. The van der Waals surface area contributed by atoms with Crippen molar-refractivity contribution in [2.24, 2.45) is 5.92 Å². The van der Waals surface area contributed by atoms with Crippen LogP contribution in [-0.2, 0) is 6.42 Å². The van der Waals surface area contributed by atoms with Gasteiger partial charge in [-0.15, -0.1) is 0 Å². The standard InChI is InChI=1S/C16H22ClNO/c1-2-14(7-11-3-4-11)18-10-15-9-12-8-13(17)5-6-16(12)19-15/h5-6,8,11,14-15,18H,2-4,7,9-10H2,1H3. The van der Waals surface area contributed by atoms with E-state index in [1.54, 1.807) is 0 Å². The highest BCUT2D eigenvalue weighted by Crippen LogP contribution is 2.34. The van der Waals surface area contributed by atoms with Gasteiger partial charge in [-0.2, -0.15) is 0 Å². The molecular formula is C16H22ClNO. The molecule has 0 bridgehead atoms. The number of benzene rings is 1. The Labute approximate surface area is 120 Å². The van der Waals surface area contributed by atoms with Crippen LogP contribution < -0.4 is 10.1 Å². The van der Waals surface area contributed by atoms with Crippen LogP contribution in [0.1, 0.15) is 38.2 Å². The van der Waals surface area contributed by atoms with Crippen molar-refractivity contribution in [3.63, 3.8) is 0 Å². The molecule has 1 aromatic carbocycles. The third kappa shape index (κ3) is 3.43. The molecular weight excluding hydrogens is 258 g/mol. The minimum Gasteiger partial charge on any atom is -0.488 e. The minimum absolute atomic E-state index is 0.265. The van der Waals surface area contributed by atoms with Crippen LogP contribution in [0.25, 0.3) is 0 Å². The van der Waals surface area contributed by atoms with E-state index in [2.05, 4.69) is 12.2 Å². The Morgan fingerprint density at radius 3 is 3.00 bits per heavy atom. The third-order valence-electron chi connectivity index (χ3n) is 4.21. The van der Waals surface area contributed by atoms with Gasteiger partial charge in [-0.1, -0.05) is 31.4 Å². The summed E-state index contributed by atoms with van der Waals surface area (Å²) < 4.78 is 5.96. The Kier molecular flexibility index (Phi) is 3.99. The number of hydrogen-bond acceptors (Lipinski definition) is 2. The smallest absolute Gasteiger partial charge is 0.123 e. The molecule has 2 unspecified atom stereocenters. The lowest BCUT2D eigenvalue weighted by Crippen LogP contribution is -2.37. The van der Waals surface area contributed by atoms with E-state index in [0.29, 0.717) is 6.04 Å². The van der Waals surface area contributed by atoms with E-state index < -0.39 is 0 Å². The molecule has 0 amide bonds. The van der Waals surface area contributed by atoms with Gasteiger partial charge in [0.15, 0.2) is 0 Å². The van der Waals surface area contributed by atoms with Crippen LogP contribution in [0.15, 0.2) is 18.2 Å². The summed E-state index contributed by atoms with van der Waals surface area (Å²) >= 11 is 6.01. The van der Waals surface area contributed by atoms with E-state index in [0.717, 1.165) is 29.7 Å². The summed E-state index contributed by atoms with van der Waals surface area (Å²) in [5, 5.41) is 4.48. The Hall–Kier alpha value is -0.730. The van der Waals surface area contributed by atoms with Crippen LogP contribution in [0.5, 0.6) is 5.75 Å². The predicted octanol–water partition coefficient (Wildman–Crippen LogP) is 3.81. The highest BCUT2D eigenvalue weighted by atomic mass is 35.5. The van der Waals surface area contributed by atoms with Crippen LogP contribution in [-0.4, -0.2) is 18.7 Å². The molecule has 3 rings (SSSR count). The van der Waals surface area contributed by atoms with E-state index in [1.807, 2.05) is 18.2 Å². The van der Waals surface area contributed by atoms with Crippen molar-refractivity contribution in [1.82, 2.24) is 5.32 Å². The van der Waals surface area contributed by atoms with Crippen LogP contribution in [0, 0.1) is 5.92 Å². The first-order chi connectivity index (χ1) is 9.24. The van der Waals surface area contributed by atoms with Crippen LogP contribution in [0.3, 0.4) is 0 Å². The summed E-state index contributed by atoms with van der Waals surface area (Å²) in [6.45, 7) is 3.21. The maximum atomic E-state index is 6.01. The molecule has 1 aliphatic heterocycles. The van der Waals surface area contributed by atoms with Crippen molar-refractivity contribution >= 4 is 11.6 Å². The molecule has 2 aliphatic rings. The number of nitrogens with one attached hydrogen (secondary N) is 1. The SMILES string of the molecule is CCC(CC1CC1)NCC1Cc2cc(Cl)ccc2O1. The molecule has 0 aromatic heterocycles. The fourth-order valence-electron chi connectivity index (χ4n) is 2.85. The lowest BCUT2D eigenvalue weighted by molar-refractivity contribution is 0.218. The quantitative estimate of drug-likeness (QED) is 0.855. The summed E-state index contributed by atoms with van der Waals surface area (Å²) in [6, 6.07) is 6.57. The average molecular weight is 280 g/mol. The van der Waals surface area contributed by atoms with E-state index in [-0.39, 0.29) is 6.10 Å². The normalized spacial score (nSPS) is 22.9. The molecule has 1 aliphatic carbocycles. The van der Waals surface area contributed by atoms with E-state index in [9.17, 15) is 0 Å². The fraction of sp³-hybridized carbons (Fsp3) is 0.625. The topological polar surface area (TPSA) is 21.3 Å². The van der Waals surface area contributed by atoms with Gasteiger partial charge in [-0.25, -0.2) is 0 Å². The summed E-state index contributed by atoms with van der Waals surface area (Å²) in [7, 11) is 0. The first kappa shape index (κ1) is 13.3. The zero-order chi connectivity index (χ0) is 13.2. The van der Waals surface area contributed by atoms with E-state index in [4.69, 9.17) is 16.3 Å². The van der Waals surface area contributed by atoms with Gasteiger partial charge in [-0.05, 0) is 42.5 Å². The monoisotopic (exact) mass is 279 g/mol. The van der Waals surface area contributed by atoms with Crippen molar-refractivity contribution in [2.75, 3.05) is 6.54 Å².